The van der Waals surface area contributed by atoms with Crippen molar-refractivity contribution in [3.05, 3.63) is 36.4 Å². The van der Waals surface area contributed by atoms with E-state index in [9.17, 15) is 26.4 Å². The molecule has 10 nitrogen and oxygen atoms in total. The number of carbonyl (C=O) groups excluding carboxylic acids is 2. The predicted molar refractivity (Wildman–Crippen MR) is 77.4 cm³/mol. The van der Waals surface area contributed by atoms with Crippen molar-refractivity contribution in [2.24, 2.45) is 5.14 Å². The summed E-state index contributed by atoms with van der Waals surface area (Å²) in [7, 11) is -6.97. The van der Waals surface area contributed by atoms with Crippen molar-refractivity contribution in [2.75, 3.05) is 7.11 Å². The standard InChI is InChI=1S/C11H13N3O7S2/c1-21-11(16)7-6-10(15)13-14-23(19,20)9-4-2-8(3-5-9)22(12,17)18/h2-7,14H,1H3,(H,13,15)(H2,12,17,18)/b7-6+. The highest BCUT2D eigenvalue weighted by molar-refractivity contribution is 7.89. The van der Waals surface area contributed by atoms with Gasteiger partial charge in [0.1, 0.15) is 0 Å². The lowest BCUT2D eigenvalue weighted by Crippen LogP contribution is -2.40. The van der Waals surface area contributed by atoms with Crippen molar-refractivity contribution in [3.63, 3.8) is 0 Å². The summed E-state index contributed by atoms with van der Waals surface area (Å²) in [4.78, 5) is 23.3. The van der Waals surface area contributed by atoms with E-state index in [0.717, 1.165) is 43.5 Å². The van der Waals surface area contributed by atoms with Crippen molar-refractivity contribution in [1.82, 2.24) is 10.3 Å². The summed E-state index contributed by atoms with van der Waals surface area (Å²) < 4.78 is 50.1. The molecule has 1 aromatic carbocycles. The van der Waals surface area contributed by atoms with Crippen LogP contribution in [0.25, 0.3) is 0 Å². The van der Waals surface area contributed by atoms with E-state index < -0.39 is 31.9 Å². The van der Waals surface area contributed by atoms with E-state index in [1.54, 1.807) is 4.83 Å². The van der Waals surface area contributed by atoms with Crippen molar-refractivity contribution >= 4 is 31.9 Å². The van der Waals surface area contributed by atoms with E-state index in [4.69, 9.17) is 5.14 Å². The number of rotatable bonds is 6. The van der Waals surface area contributed by atoms with Gasteiger partial charge in [0.15, 0.2) is 0 Å². The summed E-state index contributed by atoms with van der Waals surface area (Å²) in [6, 6.07) is 4.00. The van der Waals surface area contributed by atoms with Gasteiger partial charge in [-0.25, -0.2) is 26.8 Å². The fraction of sp³-hybridized carbons (Fsp3) is 0.0909. The minimum Gasteiger partial charge on any atom is -0.466 e. The highest BCUT2D eigenvalue weighted by atomic mass is 32.2. The number of esters is 1. The van der Waals surface area contributed by atoms with Crippen molar-refractivity contribution < 1.29 is 31.2 Å². The number of nitrogens with one attached hydrogen (secondary N) is 2. The first-order chi connectivity index (χ1) is 10.6. The second-order valence-electron chi connectivity index (χ2n) is 3.97. The number of primary sulfonamides is 1. The molecule has 0 aliphatic carbocycles. The Balaban J connectivity index is 2.78. The largest absolute Gasteiger partial charge is 0.466 e. The molecule has 0 saturated heterocycles. The Morgan fingerprint density at radius 3 is 2.04 bits per heavy atom. The van der Waals surface area contributed by atoms with Crippen LogP contribution in [0.4, 0.5) is 0 Å². The molecule has 0 aliphatic rings. The molecule has 1 rings (SSSR count). The van der Waals surface area contributed by atoms with Gasteiger partial charge in [0.05, 0.1) is 16.9 Å². The molecule has 0 saturated carbocycles. The van der Waals surface area contributed by atoms with Crippen LogP contribution in [0.15, 0.2) is 46.2 Å². The van der Waals surface area contributed by atoms with Crippen LogP contribution in [0, 0.1) is 0 Å². The van der Waals surface area contributed by atoms with Crippen LogP contribution in [0.3, 0.4) is 0 Å². The number of hydrogen-bond acceptors (Lipinski definition) is 7. The van der Waals surface area contributed by atoms with Crippen LogP contribution in [0.1, 0.15) is 0 Å². The average Bonchev–Trinajstić information content (AvgIpc) is 2.50. The minimum absolute atomic E-state index is 0.263. The van der Waals surface area contributed by atoms with Gasteiger partial charge >= 0.3 is 5.97 Å². The van der Waals surface area contributed by atoms with Gasteiger partial charge in [0.2, 0.25) is 10.0 Å². The summed E-state index contributed by atoms with van der Waals surface area (Å²) in [6.07, 6.45) is 1.56. The molecule has 0 aromatic heterocycles. The zero-order valence-electron chi connectivity index (χ0n) is 11.7. The number of ether oxygens (including phenoxy) is 1. The Labute approximate surface area is 132 Å². The molecule has 1 aromatic rings. The van der Waals surface area contributed by atoms with Gasteiger partial charge in [-0.1, -0.05) is 0 Å². The van der Waals surface area contributed by atoms with Crippen molar-refractivity contribution in [3.8, 4) is 0 Å². The fourth-order valence-electron chi connectivity index (χ4n) is 1.24. The number of nitrogens with two attached hydrogens (primary N) is 1. The summed E-state index contributed by atoms with van der Waals surface area (Å²) in [5.41, 5.74) is 1.83. The third kappa shape index (κ3) is 5.78. The molecule has 0 spiro atoms. The zero-order valence-corrected chi connectivity index (χ0v) is 13.3. The number of hydrazine groups is 1. The molecule has 12 heteroatoms. The van der Waals surface area contributed by atoms with Crippen LogP contribution in [0.5, 0.6) is 0 Å². The van der Waals surface area contributed by atoms with E-state index in [1.807, 2.05) is 5.43 Å². The first-order valence-electron chi connectivity index (χ1n) is 5.77. The second kappa shape index (κ2) is 7.32. The summed E-state index contributed by atoms with van der Waals surface area (Å²) in [6.45, 7) is 0. The molecule has 0 radical (unpaired) electrons. The Kier molecular flexibility index (Phi) is 5.98. The predicted octanol–water partition coefficient (Wildman–Crippen LogP) is -1.63. The Bertz CT molecular complexity index is 827. The van der Waals surface area contributed by atoms with Crippen LogP contribution in [0.2, 0.25) is 0 Å². The number of benzene rings is 1. The van der Waals surface area contributed by atoms with Gasteiger partial charge in [0.25, 0.3) is 15.9 Å². The molecule has 1 amide bonds. The third-order valence-electron chi connectivity index (χ3n) is 2.34. The highest BCUT2D eigenvalue weighted by Gasteiger charge is 2.16. The van der Waals surface area contributed by atoms with Crippen LogP contribution in [-0.2, 0) is 34.4 Å². The lowest BCUT2D eigenvalue weighted by molar-refractivity contribution is -0.135. The number of sulfonamides is 2. The number of amides is 1. The summed E-state index contributed by atoms with van der Waals surface area (Å²) >= 11 is 0. The molecule has 0 fully saturated rings. The molecule has 0 aliphatic heterocycles. The summed E-state index contributed by atoms with van der Waals surface area (Å²) in [5.74, 6) is -1.71. The maximum Gasteiger partial charge on any atom is 0.330 e. The van der Waals surface area contributed by atoms with Crippen LogP contribution in [-0.4, -0.2) is 35.8 Å². The maximum atomic E-state index is 11.9. The topological polar surface area (TPSA) is 162 Å². The van der Waals surface area contributed by atoms with Crippen LogP contribution < -0.4 is 15.4 Å². The minimum atomic E-state index is -4.13. The second-order valence-corrected chi connectivity index (χ2v) is 7.21. The third-order valence-corrected chi connectivity index (χ3v) is 4.54. The lowest BCUT2D eigenvalue weighted by Gasteiger charge is -2.07. The van der Waals surface area contributed by atoms with Gasteiger partial charge in [-0.3, -0.25) is 10.2 Å². The fourth-order valence-corrected chi connectivity index (χ4v) is 2.60. The molecule has 126 valence electrons. The Morgan fingerprint density at radius 2 is 1.57 bits per heavy atom. The Morgan fingerprint density at radius 1 is 1.04 bits per heavy atom. The SMILES string of the molecule is COC(=O)/C=C/C(=O)NNS(=O)(=O)c1ccc(S(N)(=O)=O)cc1. The smallest absolute Gasteiger partial charge is 0.330 e. The number of hydrogen-bond donors (Lipinski definition) is 3. The first-order valence-corrected chi connectivity index (χ1v) is 8.80. The highest BCUT2D eigenvalue weighted by Crippen LogP contribution is 2.12. The van der Waals surface area contributed by atoms with E-state index in [0.29, 0.717) is 0 Å². The quantitative estimate of drug-likeness (QED) is 0.310. The number of methoxy groups -OCH3 is 1. The van der Waals surface area contributed by atoms with E-state index in [-0.39, 0.29) is 9.79 Å². The average molecular weight is 363 g/mol. The number of carbonyl (C=O) groups is 2. The van der Waals surface area contributed by atoms with Gasteiger partial charge in [-0.15, -0.1) is 4.83 Å². The van der Waals surface area contributed by atoms with Gasteiger partial charge in [-0.05, 0) is 24.3 Å². The van der Waals surface area contributed by atoms with E-state index in [1.165, 1.54) is 0 Å². The van der Waals surface area contributed by atoms with E-state index in [2.05, 4.69) is 4.74 Å². The zero-order chi connectivity index (χ0) is 17.7. The van der Waals surface area contributed by atoms with Gasteiger partial charge in [-0.2, -0.15) is 0 Å². The molecule has 0 unspecified atom stereocenters. The molecule has 4 N–H and O–H groups in total. The van der Waals surface area contributed by atoms with Crippen LogP contribution >= 0.6 is 0 Å². The van der Waals surface area contributed by atoms with Crippen molar-refractivity contribution in [2.45, 2.75) is 9.79 Å². The lowest BCUT2D eigenvalue weighted by atomic mass is 10.4. The molecule has 0 atom stereocenters. The molecule has 0 bridgehead atoms. The van der Waals surface area contributed by atoms with Gasteiger partial charge in [0, 0.05) is 12.2 Å². The molecule has 0 heterocycles. The maximum absolute atomic E-state index is 11.9. The summed E-state index contributed by atoms with van der Waals surface area (Å²) in [5, 5.41) is 4.89. The van der Waals surface area contributed by atoms with E-state index >= 15 is 0 Å². The first kappa shape index (κ1) is 18.8. The van der Waals surface area contributed by atoms with Crippen molar-refractivity contribution in [1.29, 1.82) is 0 Å². The molecular weight excluding hydrogens is 350 g/mol. The van der Waals surface area contributed by atoms with Gasteiger partial charge < -0.3 is 4.74 Å². The Hall–Kier alpha value is -2.28. The monoisotopic (exact) mass is 363 g/mol. The normalized spacial score (nSPS) is 12.1. The molecule has 23 heavy (non-hydrogen) atoms. The molecular formula is C11H13N3O7S2.